The van der Waals surface area contributed by atoms with Gasteiger partial charge in [0.15, 0.2) is 0 Å². The van der Waals surface area contributed by atoms with E-state index >= 15 is 0 Å². The van der Waals surface area contributed by atoms with E-state index in [4.69, 9.17) is 0 Å². The molecule has 0 aromatic carbocycles. The molecule has 0 unspecified atom stereocenters. The van der Waals surface area contributed by atoms with E-state index in [1.807, 2.05) is 24.8 Å². The first kappa shape index (κ1) is 16.4. The van der Waals surface area contributed by atoms with Gasteiger partial charge in [-0.3, -0.25) is 14.7 Å². The summed E-state index contributed by atoms with van der Waals surface area (Å²) in [6.07, 6.45) is 3.19. The highest BCUT2D eigenvalue weighted by atomic mass is 16.2. The number of carbonyl (C=O) groups is 1. The van der Waals surface area contributed by atoms with Gasteiger partial charge in [0.05, 0.1) is 0 Å². The van der Waals surface area contributed by atoms with Crippen LogP contribution in [0.25, 0.3) is 5.95 Å². The van der Waals surface area contributed by atoms with Crippen molar-refractivity contribution < 1.29 is 4.79 Å². The molecule has 3 rings (SSSR count). The monoisotopic (exact) mass is 329 g/mol. The minimum atomic E-state index is -0.327. The lowest BCUT2D eigenvalue weighted by molar-refractivity contribution is 0.0682. The Bertz CT molecular complexity index is 779. The molecular formula is C17H23N5O2. The first-order valence-corrected chi connectivity index (χ1v) is 8.42. The number of hydrogen-bond acceptors (Lipinski definition) is 4. The van der Waals surface area contributed by atoms with Crippen LogP contribution in [0.2, 0.25) is 0 Å². The van der Waals surface area contributed by atoms with Crippen molar-refractivity contribution in [2.75, 3.05) is 13.1 Å². The van der Waals surface area contributed by atoms with Gasteiger partial charge >= 0.3 is 0 Å². The molecule has 0 radical (unpaired) electrons. The Labute approximate surface area is 140 Å². The maximum atomic E-state index is 12.6. The number of likely N-dealkylation sites (tertiary alicyclic amines) is 1. The molecule has 0 atom stereocenters. The fourth-order valence-corrected chi connectivity index (χ4v) is 3.18. The van der Waals surface area contributed by atoms with Gasteiger partial charge in [-0.05, 0) is 38.7 Å². The van der Waals surface area contributed by atoms with Crippen LogP contribution in [0.4, 0.5) is 0 Å². The summed E-state index contributed by atoms with van der Waals surface area (Å²) < 4.78 is 1.23. The number of aryl methyl sites for hydroxylation is 2. The highest BCUT2D eigenvalue weighted by Crippen LogP contribution is 2.20. The third-order valence-corrected chi connectivity index (χ3v) is 4.60. The number of nitrogens with zero attached hydrogens (tertiary/aromatic N) is 4. The normalized spacial score (nSPS) is 15.7. The summed E-state index contributed by atoms with van der Waals surface area (Å²) in [4.78, 5) is 35.2. The van der Waals surface area contributed by atoms with Crippen molar-refractivity contribution in [1.82, 2.24) is 24.6 Å². The van der Waals surface area contributed by atoms with E-state index in [1.54, 1.807) is 0 Å². The smallest absolute Gasteiger partial charge is 0.274 e. The summed E-state index contributed by atoms with van der Waals surface area (Å²) in [6.45, 7) is 7.35. The molecule has 3 heterocycles. The minimum Gasteiger partial charge on any atom is -0.337 e. The van der Waals surface area contributed by atoms with Crippen LogP contribution < -0.4 is 5.56 Å². The lowest BCUT2D eigenvalue weighted by Crippen LogP contribution is -2.38. The van der Waals surface area contributed by atoms with Crippen LogP contribution in [-0.4, -0.2) is 43.6 Å². The van der Waals surface area contributed by atoms with Crippen molar-refractivity contribution in [3.63, 3.8) is 0 Å². The van der Waals surface area contributed by atoms with Gasteiger partial charge in [-0.2, -0.15) is 4.68 Å². The molecule has 0 bridgehead atoms. The van der Waals surface area contributed by atoms with Crippen molar-refractivity contribution in [2.24, 2.45) is 5.92 Å². The topological polar surface area (TPSA) is 83.9 Å². The molecule has 1 N–H and O–H groups in total. The molecule has 7 nitrogen and oxygen atoms in total. The lowest BCUT2D eigenvalue weighted by atomic mass is 9.94. The number of rotatable bonds is 3. The molecule has 1 aliphatic rings. The Morgan fingerprint density at radius 2 is 1.83 bits per heavy atom. The summed E-state index contributed by atoms with van der Waals surface area (Å²) >= 11 is 0. The van der Waals surface area contributed by atoms with E-state index in [0.717, 1.165) is 43.7 Å². The number of aromatic amines is 1. The van der Waals surface area contributed by atoms with Crippen LogP contribution in [0, 0.1) is 19.8 Å². The summed E-state index contributed by atoms with van der Waals surface area (Å²) in [7, 11) is 0. The zero-order valence-corrected chi connectivity index (χ0v) is 14.4. The van der Waals surface area contributed by atoms with Crippen molar-refractivity contribution >= 4 is 5.91 Å². The molecule has 0 aliphatic carbocycles. The second kappa shape index (κ2) is 6.59. The number of amides is 1. The summed E-state index contributed by atoms with van der Waals surface area (Å²) in [5.41, 5.74) is 1.51. The Morgan fingerprint density at radius 1 is 1.21 bits per heavy atom. The highest BCUT2D eigenvalue weighted by Gasteiger charge is 2.24. The Balaban J connectivity index is 1.84. The maximum Gasteiger partial charge on any atom is 0.274 e. The summed E-state index contributed by atoms with van der Waals surface area (Å²) in [5.74, 6) is 0.826. The predicted octanol–water partition coefficient (Wildman–Crippen LogP) is 1.83. The fourth-order valence-electron chi connectivity index (χ4n) is 3.18. The van der Waals surface area contributed by atoms with Gasteiger partial charge in [0.1, 0.15) is 5.69 Å². The molecule has 1 saturated heterocycles. The van der Waals surface area contributed by atoms with Crippen LogP contribution in [-0.2, 0) is 0 Å². The van der Waals surface area contributed by atoms with Gasteiger partial charge in [0.2, 0.25) is 0 Å². The molecule has 1 fully saturated rings. The second-order valence-corrected chi connectivity index (χ2v) is 6.44. The van der Waals surface area contributed by atoms with Gasteiger partial charge < -0.3 is 4.90 Å². The molecule has 7 heteroatoms. The summed E-state index contributed by atoms with van der Waals surface area (Å²) in [6, 6.07) is 3.16. The molecule has 0 saturated carbocycles. The van der Waals surface area contributed by atoms with Crippen molar-refractivity contribution in [3.8, 4) is 5.95 Å². The molecule has 24 heavy (non-hydrogen) atoms. The molecule has 1 amide bonds. The van der Waals surface area contributed by atoms with E-state index in [2.05, 4.69) is 22.0 Å². The zero-order valence-electron chi connectivity index (χ0n) is 14.4. The quantitative estimate of drug-likeness (QED) is 0.931. The van der Waals surface area contributed by atoms with Gasteiger partial charge in [-0.25, -0.2) is 9.97 Å². The molecule has 2 aromatic heterocycles. The number of piperidine rings is 1. The van der Waals surface area contributed by atoms with Crippen molar-refractivity contribution in [2.45, 2.75) is 40.0 Å². The zero-order chi connectivity index (χ0) is 17.3. The number of hydrogen-bond donors (Lipinski definition) is 1. The highest BCUT2D eigenvalue weighted by molar-refractivity contribution is 5.92. The van der Waals surface area contributed by atoms with Gasteiger partial charge in [-0.1, -0.05) is 13.3 Å². The van der Waals surface area contributed by atoms with Crippen LogP contribution >= 0.6 is 0 Å². The second-order valence-electron chi connectivity index (χ2n) is 6.44. The number of aromatic nitrogens is 4. The Hall–Kier alpha value is -2.44. The average molecular weight is 329 g/mol. The molecule has 1 aliphatic heterocycles. The average Bonchev–Trinajstić information content (AvgIpc) is 2.95. The first-order chi connectivity index (χ1) is 11.5. The van der Waals surface area contributed by atoms with Crippen LogP contribution in [0.3, 0.4) is 0 Å². The van der Waals surface area contributed by atoms with Crippen molar-refractivity contribution in [3.05, 3.63) is 39.6 Å². The molecule has 0 spiro atoms. The largest absolute Gasteiger partial charge is 0.337 e. The van der Waals surface area contributed by atoms with Gasteiger partial charge in [0, 0.05) is 30.5 Å². The Kier molecular flexibility index (Phi) is 4.51. The number of carbonyl (C=O) groups excluding carboxylic acids is 1. The fraction of sp³-hybridized carbons (Fsp3) is 0.529. The van der Waals surface area contributed by atoms with E-state index < -0.39 is 0 Å². The third kappa shape index (κ3) is 3.25. The molecule has 128 valence electrons. The van der Waals surface area contributed by atoms with E-state index in [0.29, 0.717) is 5.92 Å². The Morgan fingerprint density at radius 3 is 2.42 bits per heavy atom. The third-order valence-electron chi connectivity index (χ3n) is 4.60. The maximum absolute atomic E-state index is 12.6. The van der Waals surface area contributed by atoms with E-state index in [9.17, 15) is 9.59 Å². The number of nitrogens with one attached hydrogen (secondary N) is 1. The van der Waals surface area contributed by atoms with Crippen LogP contribution in [0.5, 0.6) is 0 Å². The standard InChI is InChI=1S/C17H23N5O2/c1-4-13-5-7-21(8-6-13)16(24)14-10-15(23)22(20-14)17-18-11(2)9-12(3)19-17/h9-10,13,20H,4-8H2,1-3H3. The number of H-pyrrole nitrogens is 1. The van der Waals surface area contributed by atoms with Crippen LogP contribution in [0.15, 0.2) is 16.9 Å². The summed E-state index contributed by atoms with van der Waals surface area (Å²) in [5, 5.41) is 2.86. The van der Waals surface area contributed by atoms with Crippen LogP contribution in [0.1, 0.15) is 48.1 Å². The first-order valence-electron chi connectivity index (χ1n) is 8.42. The van der Waals surface area contributed by atoms with E-state index in [-0.39, 0.29) is 23.1 Å². The predicted molar refractivity (Wildman–Crippen MR) is 90.4 cm³/mol. The molecular weight excluding hydrogens is 306 g/mol. The van der Waals surface area contributed by atoms with Gasteiger partial charge in [0.25, 0.3) is 17.4 Å². The van der Waals surface area contributed by atoms with E-state index in [1.165, 1.54) is 10.7 Å². The van der Waals surface area contributed by atoms with Crippen molar-refractivity contribution in [1.29, 1.82) is 0 Å². The minimum absolute atomic E-state index is 0.134. The SMILES string of the molecule is CCC1CCN(C(=O)c2cc(=O)n(-c3nc(C)cc(C)n3)[nH]2)CC1. The molecule has 2 aromatic rings. The lowest BCUT2D eigenvalue weighted by Gasteiger charge is -2.31. The van der Waals surface area contributed by atoms with Gasteiger partial charge in [-0.15, -0.1) is 0 Å².